The fraction of sp³-hybridized carbons (Fsp3) is 0.846. The van der Waals surface area contributed by atoms with E-state index < -0.39 is 0 Å². The minimum Gasteiger partial charge on any atom is -0.383 e. The van der Waals surface area contributed by atoms with E-state index in [1.807, 2.05) is 6.92 Å². The van der Waals surface area contributed by atoms with Gasteiger partial charge in [-0.3, -0.25) is 4.79 Å². The molecule has 0 spiro atoms. The topological polar surface area (TPSA) is 66.0 Å². The highest BCUT2D eigenvalue weighted by molar-refractivity contribution is 14.0. The Kier molecular flexibility index (Phi) is 14.6. The average Bonchev–Trinajstić information content (AvgIpc) is 2.35. The molecule has 0 aromatic rings. The third-order valence-corrected chi connectivity index (χ3v) is 2.49. The van der Waals surface area contributed by atoms with Crippen LogP contribution >= 0.6 is 24.0 Å². The molecular formula is C13H29IN4O2. The third kappa shape index (κ3) is 11.3. The van der Waals surface area contributed by atoms with Crippen LogP contribution in [0.15, 0.2) is 4.99 Å². The molecular weight excluding hydrogens is 371 g/mol. The van der Waals surface area contributed by atoms with Crippen molar-refractivity contribution in [2.75, 3.05) is 40.9 Å². The zero-order valence-electron chi connectivity index (χ0n) is 13.2. The van der Waals surface area contributed by atoms with Gasteiger partial charge in [-0.2, -0.15) is 0 Å². The molecule has 0 aromatic heterocycles. The Bertz CT molecular complexity index is 286. The number of ether oxygens (including phenoxy) is 1. The van der Waals surface area contributed by atoms with Crippen LogP contribution in [0.5, 0.6) is 0 Å². The van der Waals surface area contributed by atoms with Crippen molar-refractivity contribution >= 4 is 35.8 Å². The summed E-state index contributed by atoms with van der Waals surface area (Å²) in [5.74, 6) is 0.643. The molecule has 120 valence electrons. The predicted octanol–water partition coefficient (Wildman–Crippen LogP) is 1.06. The van der Waals surface area contributed by atoms with E-state index in [0.29, 0.717) is 12.6 Å². The quantitative estimate of drug-likeness (QED) is 0.277. The Balaban J connectivity index is 0. The molecule has 20 heavy (non-hydrogen) atoms. The van der Waals surface area contributed by atoms with Crippen LogP contribution in [0.25, 0.3) is 0 Å². The van der Waals surface area contributed by atoms with E-state index in [1.165, 1.54) is 4.90 Å². The highest BCUT2D eigenvalue weighted by atomic mass is 127. The lowest BCUT2D eigenvalue weighted by molar-refractivity contribution is -0.127. The summed E-state index contributed by atoms with van der Waals surface area (Å²) in [5.41, 5.74) is 0. The lowest BCUT2D eigenvalue weighted by Gasteiger charge is -2.18. The molecule has 1 amide bonds. The van der Waals surface area contributed by atoms with E-state index in [-0.39, 0.29) is 42.5 Å². The normalized spacial score (nSPS) is 12.3. The van der Waals surface area contributed by atoms with Crippen molar-refractivity contribution in [2.24, 2.45) is 4.99 Å². The van der Waals surface area contributed by atoms with Crippen LogP contribution in [-0.4, -0.2) is 63.7 Å². The van der Waals surface area contributed by atoms with E-state index >= 15 is 0 Å². The van der Waals surface area contributed by atoms with E-state index in [4.69, 9.17) is 4.74 Å². The maximum atomic E-state index is 11.5. The number of nitrogens with one attached hydrogen (secondary N) is 2. The number of methoxy groups -OCH3 is 1. The molecule has 6 nitrogen and oxygen atoms in total. The molecule has 0 saturated carbocycles. The molecule has 0 heterocycles. The number of unbranched alkanes of at least 4 members (excludes halogenated alkanes) is 1. The summed E-state index contributed by atoms with van der Waals surface area (Å²) in [4.78, 5) is 17.3. The van der Waals surface area contributed by atoms with Crippen LogP contribution < -0.4 is 10.6 Å². The van der Waals surface area contributed by atoms with Crippen molar-refractivity contribution in [3.8, 4) is 0 Å². The molecule has 0 aromatic carbocycles. The number of amides is 1. The number of hydrogen-bond donors (Lipinski definition) is 2. The van der Waals surface area contributed by atoms with Crippen LogP contribution in [0, 0.1) is 0 Å². The maximum Gasteiger partial charge on any atom is 0.243 e. The Morgan fingerprint density at radius 3 is 2.55 bits per heavy atom. The number of halogens is 1. The number of carbonyl (C=O) groups excluding carboxylic acids is 1. The fourth-order valence-electron chi connectivity index (χ4n) is 1.35. The van der Waals surface area contributed by atoms with E-state index in [0.717, 1.165) is 19.4 Å². The van der Waals surface area contributed by atoms with Gasteiger partial charge >= 0.3 is 0 Å². The summed E-state index contributed by atoms with van der Waals surface area (Å²) in [5, 5.41) is 6.43. The van der Waals surface area contributed by atoms with E-state index in [2.05, 4.69) is 22.5 Å². The number of nitrogens with zero attached hydrogens (tertiary/aromatic N) is 2. The molecule has 0 aliphatic carbocycles. The van der Waals surface area contributed by atoms with Gasteiger partial charge in [0, 0.05) is 33.8 Å². The maximum absolute atomic E-state index is 11.5. The number of hydrogen-bond acceptors (Lipinski definition) is 3. The van der Waals surface area contributed by atoms with Gasteiger partial charge < -0.3 is 20.3 Å². The molecule has 0 radical (unpaired) electrons. The van der Waals surface area contributed by atoms with Crippen molar-refractivity contribution in [2.45, 2.75) is 32.7 Å². The van der Waals surface area contributed by atoms with Crippen molar-refractivity contribution in [1.29, 1.82) is 0 Å². The van der Waals surface area contributed by atoms with Gasteiger partial charge in [0.1, 0.15) is 6.54 Å². The van der Waals surface area contributed by atoms with Crippen molar-refractivity contribution in [3.63, 3.8) is 0 Å². The number of aliphatic imine (C=N–C) groups is 1. The summed E-state index contributed by atoms with van der Waals surface area (Å²) in [6, 6.07) is 0.146. The van der Waals surface area contributed by atoms with Gasteiger partial charge in [-0.05, 0) is 13.3 Å². The van der Waals surface area contributed by atoms with Gasteiger partial charge in [0.05, 0.1) is 6.61 Å². The lowest BCUT2D eigenvalue weighted by atomic mass is 10.3. The summed E-state index contributed by atoms with van der Waals surface area (Å²) >= 11 is 0. The molecule has 0 aliphatic rings. The monoisotopic (exact) mass is 400 g/mol. The number of guanidine groups is 1. The molecule has 1 unspecified atom stereocenters. The molecule has 0 rings (SSSR count). The lowest BCUT2D eigenvalue weighted by Crippen LogP contribution is -2.44. The molecule has 7 heteroatoms. The Labute approximate surface area is 139 Å². The second-order valence-corrected chi connectivity index (χ2v) is 4.73. The molecule has 0 aliphatic heterocycles. The first-order valence-electron chi connectivity index (χ1n) is 6.75. The molecule has 0 saturated heterocycles. The van der Waals surface area contributed by atoms with Crippen LogP contribution in [-0.2, 0) is 9.53 Å². The van der Waals surface area contributed by atoms with Crippen LogP contribution in [0.3, 0.4) is 0 Å². The van der Waals surface area contributed by atoms with Crippen LogP contribution in [0.4, 0.5) is 0 Å². The first-order chi connectivity index (χ1) is 9.01. The highest BCUT2D eigenvalue weighted by Crippen LogP contribution is 1.87. The summed E-state index contributed by atoms with van der Waals surface area (Å²) in [7, 11) is 5.11. The van der Waals surface area contributed by atoms with E-state index in [1.54, 1.807) is 21.2 Å². The van der Waals surface area contributed by atoms with Gasteiger partial charge in [-0.25, -0.2) is 4.99 Å². The summed E-state index contributed by atoms with van der Waals surface area (Å²) in [6.07, 6.45) is 2.19. The van der Waals surface area contributed by atoms with Gasteiger partial charge in [0.25, 0.3) is 0 Å². The van der Waals surface area contributed by atoms with Gasteiger partial charge in [0.2, 0.25) is 5.91 Å². The summed E-state index contributed by atoms with van der Waals surface area (Å²) in [6.45, 7) is 5.73. The highest BCUT2D eigenvalue weighted by Gasteiger charge is 2.07. The SMILES string of the molecule is CCCCNC(=NCC(=O)N(C)C)NC(C)COC.I. The van der Waals surface area contributed by atoms with Crippen molar-refractivity contribution < 1.29 is 9.53 Å². The first kappa shape index (κ1) is 21.7. The fourth-order valence-corrected chi connectivity index (χ4v) is 1.35. The van der Waals surface area contributed by atoms with Crippen molar-refractivity contribution in [1.82, 2.24) is 15.5 Å². The number of likely N-dealkylation sites (N-methyl/N-ethyl adjacent to an activating group) is 1. The second kappa shape index (κ2) is 13.4. The first-order valence-corrected chi connectivity index (χ1v) is 6.75. The molecule has 0 bridgehead atoms. The smallest absolute Gasteiger partial charge is 0.243 e. The molecule has 1 atom stereocenters. The Morgan fingerprint density at radius 2 is 2.05 bits per heavy atom. The molecule has 0 fully saturated rings. The number of carbonyl (C=O) groups is 1. The molecule has 2 N–H and O–H groups in total. The van der Waals surface area contributed by atoms with Gasteiger partial charge in [0.15, 0.2) is 5.96 Å². The summed E-state index contributed by atoms with van der Waals surface area (Å²) < 4.78 is 5.07. The zero-order valence-corrected chi connectivity index (χ0v) is 15.6. The largest absolute Gasteiger partial charge is 0.383 e. The average molecular weight is 400 g/mol. The minimum absolute atomic E-state index is 0. The third-order valence-electron chi connectivity index (χ3n) is 2.49. The predicted molar refractivity (Wildman–Crippen MR) is 93.8 cm³/mol. The van der Waals surface area contributed by atoms with Crippen LogP contribution in [0.1, 0.15) is 26.7 Å². The Morgan fingerprint density at radius 1 is 1.40 bits per heavy atom. The van der Waals surface area contributed by atoms with E-state index in [9.17, 15) is 4.79 Å². The van der Waals surface area contributed by atoms with Crippen LogP contribution in [0.2, 0.25) is 0 Å². The second-order valence-electron chi connectivity index (χ2n) is 4.73. The minimum atomic E-state index is -0.0176. The van der Waals surface area contributed by atoms with Gasteiger partial charge in [-0.1, -0.05) is 13.3 Å². The number of rotatable bonds is 8. The van der Waals surface area contributed by atoms with Gasteiger partial charge in [-0.15, -0.1) is 24.0 Å². The standard InChI is InChI=1S/C13H28N4O2.HI/c1-6-7-8-14-13(16-11(2)10-19-5)15-9-12(18)17(3)4;/h11H,6-10H2,1-5H3,(H2,14,15,16);1H. The van der Waals surface area contributed by atoms with Crippen molar-refractivity contribution in [3.05, 3.63) is 0 Å². The zero-order chi connectivity index (χ0) is 14.7. The Hall–Kier alpha value is -0.570.